The van der Waals surface area contributed by atoms with E-state index < -0.39 is 0 Å². The van der Waals surface area contributed by atoms with Crippen LogP contribution in [0.15, 0.2) is 36.7 Å². The molecule has 3 rings (SSSR count). The molecular formula is C14H15BrN4. The second-order valence-corrected chi connectivity index (χ2v) is 5.15. The number of nitrogens with zero attached hydrogens (tertiary/aromatic N) is 4. The van der Waals surface area contributed by atoms with E-state index in [1.807, 2.05) is 12.4 Å². The third-order valence-electron chi connectivity index (χ3n) is 3.33. The Balaban J connectivity index is 1.99. The smallest absolute Gasteiger partial charge is 0.229 e. The molecule has 0 amide bonds. The van der Waals surface area contributed by atoms with E-state index in [4.69, 9.17) is 0 Å². The second-order valence-electron chi connectivity index (χ2n) is 4.59. The van der Waals surface area contributed by atoms with Crippen molar-refractivity contribution in [2.24, 2.45) is 0 Å². The summed E-state index contributed by atoms with van der Waals surface area (Å²) in [4.78, 5) is 13.4. The van der Waals surface area contributed by atoms with E-state index in [9.17, 15) is 0 Å². The fraction of sp³-hybridized carbons (Fsp3) is 0.286. The molecule has 0 N–H and O–H groups in total. The Morgan fingerprint density at radius 3 is 2.47 bits per heavy atom. The third kappa shape index (κ3) is 2.30. The minimum absolute atomic E-state index is 0.769. The van der Waals surface area contributed by atoms with Crippen molar-refractivity contribution < 1.29 is 0 Å². The molecule has 0 bridgehead atoms. The molecule has 98 valence electrons. The average molecular weight is 319 g/mol. The van der Waals surface area contributed by atoms with Crippen molar-refractivity contribution >= 4 is 33.3 Å². The average Bonchev–Trinajstić information content (AvgIpc) is 2.48. The number of aromatic nitrogens is 2. The first-order valence-electron chi connectivity index (χ1n) is 6.24. The van der Waals surface area contributed by atoms with E-state index in [1.54, 1.807) is 0 Å². The van der Waals surface area contributed by atoms with Gasteiger partial charge in [-0.2, -0.15) is 0 Å². The standard InChI is InChI=1S/C14H15BrN4/c1-18-6-7-19(13-5-3-2-4-12(13)18)14-16-9-11(8-15)10-17-14/h2-5,9-10H,6-8H2,1H3. The molecule has 0 fully saturated rings. The predicted octanol–water partition coefficient (Wildman–Crippen LogP) is 2.96. The SMILES string of the molecule is CN1CCN(c2ncc(CBr)cn2)c2ccccc21. The van der Waals surface area contributed by atoms with Crippen molar-refractivity contribution in [2.45, 2.75) is 5.33 Å². The lowest BCUT2D eigenvalue weighted by Crippen LogP contribution is -2.37. The Kier molecular flexibility index (Phi) is 3.38. The van der Waals surface area contributed by atoms with Gasteiger partial charge in [-0.05, 0) is 17.7 Å². The van der Waals surface area contributed by atoms with E-state index >= 15 is 0 Å². The van der Waals surface area contributed by atoms with Gasteiger partial charge in [0.15, 0.2) is 0 Å². The van der Waals surface area contributed by atoms with Gasteiger partial charge in [-0.1, -0.05) is 28.1 Å². The Bertz CT molecular complexity index is 570. The van der Waals surface area contributed by atoms with Gasteiger partial charge in [0.1, 0.15) is 0 Å². The molecule has 0 radical (unpaired) electrons. The summed E-state index contributed by atoms with van der Waals surface area (Å²) in [7, 11) is 2.12. The quantitative estimate of drug-likeness (QED) is 0.797. The molecule has 0 saturated carbocycles. The van der Waals surface area contributed by atoms with E-state index in [0.29, 0.717) is 0 Å². The van der Waals surface area contributed by atoms with Crippen molar-refractivity contribution in [3.8, 4) is 0 Å². The first-order chi connectivity index (χ1) is 9.29. The normalized spacial score (nSPS) is 14.4. The molecule has 1 aromatic heterocycles. The highest BCUT2D eigenvalue weighted by molar-refractivity contribution is 9.08. The largest absolute Gasteiger partial charge is 0.371 e. The van der Waals surface area contributed by atoms with Gasteiger partial charge in [-0.25, -0.2) is 9.97 Å². The number of hydrogen-bond acceptors (Lipinski definition) is 4. The fourth-order valence-electron chi connectivity index (χ4n) is 2.27. The summed E-state index contributed by atoms with van der Waals surface area (Å²) in [6, 6.07) is 8.37. The monoisotopic (exact) mass is 318 g/mol. The summed E-state index contributed by atoms with van der Waals surface area (Å²) in [6.45, 7) is 1.88. The zero-order valence-corrected chi connectivity index (χ0v) is 12.3. The molecule has 0 spiro atoms. The zero-order chi connectivity index (χ0) is 13.2. The fourth-order valence-corrected chi connectivity index (χ4v) is 2.56. The summed E-state index contributed by atoms with van der Waals surface area (Å²) in [5.41, 5.74) is 3.48. The summed E-state index contributed by atoms with van der Waals surface area (Å²) in [5, 5.41) is 0.784. The number of rotatable bonds is 2. The van der Waals surface area contributed by atoms with Crippen molar-refractivity contribution in [3.63, 3.8) is 0 Å². The Labute approximate surface area is 121 Å². The molecule has 19 heavy (non-hydrogen) atoms. The number of likely N-dealkylation sites (N-methyl/N-ethyl adjacent to an activating group) is 1. The number of benzene rings is 1. The van der Waals surface area contributed by atoms with Crippen LogP contribution in [-0.4, -0.2) is 30.1 Å². The number of anilines is 3. The topological polar surface area (TPSA) is 32.3 Å². The molecule has 4 nitrogen and oxygen atoms in total. The van der Waals surface area contributed by atoms with Gasteiger partial charge >= 0.3 is 0 Å². The molecule has 1 aliphatic rings. The number of hydrogen-bond donors (Lipinski definition) is 0. The van der Waals surface area contributed by atoms with Gasteiger partial charge in [0, 0.05) is 37.9 Å². The molecular weight excluding hydrogens is 304 g/mol. The first-order valence-corrected chi connectivity index (χ1v) is 7.36. The maximum absolute atomic E-state index is 4.46. The van der Waals surface area contributed by atoms with Gasteiger partial charge < -0.3 is 9.80 Å². The van der Waals surface area contributed by atoms with Crippen LogP contribution in [0.4, 0.5) is 17.3 Å². The summed E-state index contributed by atoms with van der Waals surface area (Å²) in [6.07, 6.45) is 3.75. The molecule has 0 atom stereocenters. The van der Waals surface area contributed by atoms with Gasteiger partial charge in [0.2, 0.25) is 5.95 Å². The number of para-hydroxylation sites is 2. The summed E-state index contributed by atoms with van der Waals surface area (Å²) >= 11 is 3.41. The molecule has 5 heteroatoms. The molecule has 0 unspecified atom stereocenters. The zero-order valence-electron chi connectivity index (χ0n) is 10.8. The lowest BCUT2D eigenvalue weighted by Gasteiger charge is -2.35. The highest BCUT2D eigenvalue weighted by Crippen LogP contribution is 2.35. The van der Waals surface area contributed by atoms with E-state index in [2.05, 4.69) is 67.0 Å². The molecule has 0 aliphatic carbocycles. The van der Waals surface area contributed by atoms with E-state index in [0.717, 1.165) is 29.9 Å². The lowest BCUT2D eigenvalue weighted by atomic mass is 10.2. The highest BCUT2D eigenvalue weighted by atomic mass is 79.9. The maximum atomic E-state index is 4.46. The molecule has 2 aromatic rings. The Morgan fingerprint density at radius 2 is 1.79 bits per heavy atom. The van der Waals surface area contributed by atoms with Gasteiger partial charge in [-0.15, -0.1) is 0 Å². The predicted molar refractivity (Wildman–Crippen MR) is 81.4 cm³/mol. The van der Waals surface area contributed by atoms with Crippen LogP contribution in [-0.2, 0) is 5.33 Å². The van der Waals surface area contributed by atoms with Crippen LogP contribution in [0.1, 0.15) is 5.56 Å². The summed E-state index contributed by atoms with van der Waals surface area (Å²) in [5.74, 6) is 0.769. The molecule has 2 heterocycles. The number of alkyl halides is 1. The van der Waals surface area contributed by atoms with E-state index in [-0.39, 0.29) is 0 Å². The van der Waals surface area contributed by atoms with Crippen LogP contribution in [0, 0.1) is 0 Å². The van der Waals surface area contributed by atoms with E-state index in [1.165, 1.54) is 11.4 Å². The highest BCUT2D eigenvalue weighted by Gasteiger charge is 2.22. The van der Waals surface area contributed by atoms with Crippen molar-refractivity contribution in [3.05, 3.63) is 42.2 Å². The number of fused-ring (bicyclic) bond motifs is 1. The third-order valence-corrected chi connectivity index (χ3v) is 3.98. The minimum Gasteiger partial charge on any atom is -0.371 e. The Morgan fingerprint density at radius 1 is 1.11 bits per heavy atom. The lowest BCUT2D eigenvalue weighted by molar-refractivity contribution is 0.800. The van der Waals surface area contributed by atoms with Crippen LogP contribution in [0.5, 0.6) is 0 Å². The first kappa shape index (κ1) is 12.4. The van der Waals surface area contributed by atoms with Gasteiger partial charge in [0.25, 0.3) is 0 Å². The molecule has 1 aliphatic heterocycles. The molecule has 1 aromatic carbocycles. The second kappa shape index (κ2) is 5.17. The van der Waals surface area contributed by atoms with Gasteiger partial charge in [0.05, 0.1) is 11.4 Å². The maximum Gasteiger partial charge on any atom is 0.229 e. The van der Waals surface area contributed by atoms with Crippen LogP contribution in [0.2, 0.25) is 0 Å². The van der Waals surface area contributed by atoms with Crippen LogP contribution < -0.4 is 9.80 Å². The molecule has 0 saturated heterocycles. The van der Waals surface area contributed by atoms with Crippen molar-refractivity contribution in [1.82, 2.24) is 9.97 Å². The number of halogens is 1. The Hall–Kier alpha value is -1.62. The minimum atomic E-state index is 0.769. The van der Waals surface area contributed by atoms with Crippen molar-refractivity contribution in [2.75, 3.05) is 29.9 Å². The van der Waals surface area contributed by atoms with Crippen LogP contribution >= 0.6 is 15.9 Å². The van der Waals surface area contributed by atoms with Crippen LogP contribution in [0.3, 0.4) is 0 Å². The van der Waals surface area contributed by atoms with Crippen molar-refractivity contribution in [1.29, 1.82) is 0 Å². The summed E-state index contributed by atoms with van der Waals surface area (Å²) < 4.78 is 0. The van der Waals surface area contributed by atoms with Crippen LogP contribution in [0.25, 0.3) is 0 Å². The van der Waals surface area contributed by atoms with Gasteiger partial charge in [-0.3, -0.25) is 0 Å².